The first-order chi connectivity index (χ1) is 9.02. The second-order valence-corrected chi connectivity index (χ2v) is 5.06. The van der Waals surface area contributed by atoms with Gasteiger partial charge in [0.25, 0.3) is 0 Å². The van der Waals surface area contributed by atoms with Crippen LogP contribution in [-0.4, -0.2) is 43.3 Å². The predicted octanol–water partition coefficient (Wildman–Crippen LogP) is 1.87. The van der Waals surface area contributed by atoms with Crippen LogP contribution in [0.1, 0.15) is 26.6 Å². The largest absolute Gasteiger partial charge is 0.478 e. The van der Waals surface area contributed by atoms with Gasteiger partial charge in [0.15, 0.2) is 0 Å². The summed E-state index contributed by atoms with van der Waals surface area (Å²) in [5.41, 5.74) is 0. The van der Waals surface area contributed by atoms with Crippen LogP contribution in [-0.2, 0) is 0 Å². The van der Waals surface area contributed by atoms with Crippen molar-refractivity contribution in [1.29, 1.82) is 0 Å². The highest BCUT2D eigenvalue weighted by Crippen LogP contribution is 2.16. The number of nitrogens with zero attached hydrogens (tertiary/aromatic N) is 3. The average Bonchev–Trinajstić information content (AvgIpc) is 2.34. The van der Waals surface area contributed by atoms with Crippen LogP contribution in [0.2, 0.25) is 0 Å². The highest BCUT2D eigenvalue weighted by Gasteiger charge is 2.07. The Hall–Kier alpha value is -1.36. The average molecular weight is 266 g/mol. The lowest BCUT2D eigenvalue weighted by Gasteiger charge is -2.19. The second kappa shape index (κ2) is 7.94. The fourth-order valence-electron chi connectivity index (χ4n) is 1.69. The first-order valence-corrected chi connectivity index (χ1v) is 6.93. The van der Waals surface area contributed by atoms with Crippen molar-refractivity contribution in [2.75, 3.05) is 38.2 Å². The quantitative estimate of drug-likeness (QED) is 0.728. The van der Waals surface area contributed by atoms with E-state index < -0.39 is 0 Å². The Morgan fingerprint density at radius 2 is 2.11 bits per heavy atom. The molecule has 0 aliphatic carbocycles. The topological polar surface area (TPSA) is 50.3 Å². The van der Waals surface area contributed by atoms with E-state index in [0.29, 0.717) is 18.4 Å². The SMILES string of the molecule is CCOc1cc(N(C)CCNCC(C)C)nc(C)n1. The van der Waals surface area contributed by atoms with E-state index in [1.165, 1.54) is 0 Å². The van der Waals surface area contributed by atoms with Gasteiger partial charge in [-0.3, -0.25) is 0 Å². The van der Waals surface area contributed by atoms with Crippen LogP contribution < -0.4 is 15.0 Å². The fourth-order valence-corrected chi connectivity index (χ4v) is 1.69. The van der Waals surface area contributed by atoms with Crippen molar-refractivity contribution in [3.05, 3.63) is 11.9 Å². The van der Waals surface area contributed by atoms with E-state index in [1.807, 2.05) is 27.0 Å². The molecular weight excluding hydrogens is 240 g/mol. The molecule has 108 valence electrons. The molecule has 1 aromatic heterocycles. The van der Waals surface area contributed by atoms with Gasteiger partial charge in [-0.05, 0) is 26.3 Å². The summed E-state index contributed by atoms with van der Waals surface area (Å²) in [6.45, 7) is 11.8. The van der Waals surface area contributed by atoms with Gasteiger partial charge in [0.1, 0.15) is 11.6 Å². The van der Waals surface area contributed by atoms with E-state index in [4.69, 9.17) is 4.74 Å². The highest BCUT2D eigenvalue weighted by atomic mass is 16.5. The summed E-state index contributed by atoms with van der Waals surface area (Å²) in [6.07, 6.45) is 0. The number of likely N-dealkylation sites (N-methyl/N-ethyl adjacent to an activating group) is 1. The van der Waals surface area contributed by atoms with E-state index in [-0.39, 0.29) is 0 Å². The number of hydrogen-bond acceptors (Lipinski definition) is 5. The monoisotopic (exact) mass is 266 g/mol. The summed E-state index contributed by atoms with van der Waals surface area (Å²) in [7, 11) is 2.04. The van der Waals surface area contributed by atoms with Crippen LogP contribution >= 0.6 is 0 Å². The van der Waals surface area contributed by atoms with Crippen molar-refractivity contribution in [1.82, 2.24) is 15.3 Å². The molecule has 0 spiro atoms. The van der Waals surface area contributed by atoms with Crippen LogP contribution in [0, 0.1) is 12.8 Å². The van der Waals surface area contributed by atoms with Gasteiger partial charge in [-0.25, -0.2) is 4.98 Å². The molecule has 0 atom stereocenters. The Morgan fingerprint density at radius 1 is 1.37 bits per heavy atom. The van der Waals surface area contributed by atoms with Crippen molar-refractivity contribution in [3.63, 3.8) is 0 Å². The Bertz CT molecular complexity index is 382. The number of ether oxygens (including phenoxy) is 1. The zero-order valence-electron chi connectivity index (χ0n) is 12.7. The third-order valence-electron chi connectivity index (χ3n) is 2.66. The van der Waals surface area contributed by atoms with Crippen LogP contribution in [0.15, 0.2) is 6.07 Å². The normalized spacial score (nSPS) is 10.8. The summed E-state index contributed by atoms with van der Waals surface area (Å²) in [5, 5.41) is 3.42. The van der Waals surface area contributed by atoms with E-state index in [1.54, 1.807) is 0 Å². The molecule has 1 N–H and O–H groups in total. The van der Waals surface area contributed by atoms with E-state index in [2.05, 4.69) is 34.0 Å². The summed E-state index contributed by atoms with van der Waals surface area (Å²) < 4.78 is 5.44. The first-order valence-electron chi connectivity index (χ1n) is 6.93. The standard InChI is InChI=1S/C14H26N4O/c1-6-19-14-9-13(16-12(4)17-14)18(5)8-7-15-10-11(2)3/h9,11,15H,6-8,10H2,1-5H3. The Kier molecular flexibility index (Phi) is 6.56. The van der Waals surface area contributed by atoms with Gasteiger partial charge < -0.3 is 15.0 Å². The minimum absolute atomic E-state index is 0.621. The maximum atomic E-state index is 5.44. The molecule has 0 saturated carbocycles. The van der Waals surface area contributed by atoms with Gasteiger partial charge in [0.05, 0.1) is 6.61 Å². The minimum Gasteiger partial charge on any atom is -0.478 e. The van der Waals surface area contributed by atoms with E-state index >= 15 is 0 Å². The van der Waals surface area contributed by atoms with Gasteiger partial charge >= 0.3 is 0 Å². The van der Waals surface area contributed by atoms with Gasteiger partial charge in [-0.1, -0.05) is 13.8 Å². The highest BCUT2D eigenvalue weighted by molar-refractivity contribution is 5.40. The summed E-state index contributed by atoms with van der Waals surface area (Å²) in [5.74, 6) is 2.97. The lowest BCUT2D eigenvalue weighted by molar-refractivity contribution is 0.325. The molecule has 1 aromatic rings. The number of nitrogens with one attached hydrogen (secondary N) is 1. The van der Waals surface area contributed by atoms with Crippen molar-refractivity contribution in [3.8, 4) is 5.88 Å². The summed E-state index contributed by atoms with van der Waals surface area (Å²) in [6, 6.07) is 1.89. The molecule has 0 bridgehead atoms. The predicted molar refractivity (Wildman–Crippen MR) is 78.9 cm³/mol. The molecule has 0 radical (unpaired) electrons. The molecule has 1 heterocycles. The van der Waals surface area contributed by atoms with Gasteiger partial charge in [0.2, 0.25) is 5.88 Å². The third-order valence-corrected chi connectivity index (χ3v) is 2.66. The second-order valence-electron chi connectivity index (χ2n) is 5.06. The van der Waals surface area contributed by atoms with Crippen LogP contribution in [0.25, 0.3) is 0 Å². The van der Waals surface area contributed by atoms with Crippen molar-refractivity contribution in [2.45, 2.75) is 27.7 Å². The Morgan fingerprint density at radius 3 is 2.74 bits per heavy atom. The van der Waals surface area contributed by atoms with Gasteiger partial charge in [0, 0.05) is 26.2 Å². The Labute approximate surface area is 116 Å². The summed E-state index contributed by atoms with van der Waals surface area (Å²) >= 11 is 0. The number of aromatic nitrogens is 2. The van der Waals surface area contributed by atoms with Crippen molar-refractivity contribution < 1.29 is 4.74 Å². The lowest BCUT2D eigenvalue weighted by atomic mass is 10.2. The first kappa shape index (κ1) is 15.7. The maximum Gasteiger partial charge on any atom is 0.218 e. The number of anilines is 1. The number of rotatable bonds is 8. The molecule has 1 rings (SSSR count). The molecule has 0 unspecified atom stereocenters. The maximum absolute atomic E-state index is 5.44. The number of aryl methyl sites for hydroxylation is 1. The molecule has 5 heteroatoms. The fraction of sp³-hybridized carbons (Fsp3) is 0.714. The van der Waals surface area contributed by atoms with Gasteiger partial charge in [-0.15, -0.1) is 0 Å². The molecule has 0 aromatic carbocycles. The lowest BCUT2D eigenvalue weighted by Crippen LogP contribution is -2.31. The van der Waals surface area contributed by atoms with Crippen LogP contribution in [0.4, 0.5) is 5.82 Å². The summed E-state index contributed by atoms with van der Waals surface area (Å²) in [4.78, 5) is 10.8. The molecule has 0 saturated heterocycles. The third kappa shape index (κ3) is 5.87. The zero-order chi connectivity index (χ0) is 14.3. The smallest absolute Gasteiger partial charge is 0.218 e. The molecule has 0 aliphatic heterocycles. The van der Waals surface area contributed by atoms with Crippen molar-refractivity contribution in [2.24, 2.45) is 5.92 Å². The van der Waals surface area contributed by atoms with E-state index in [0.717, 1.165) is 31.3 Å². The van der Waals surface area contributed by atoms with Crippen LogP contribution in [0.3, 0.4) is 0 Å². The molecule has 5 nitrogen and oxygen atoms in total. The van der Waals surface area contributed by atoms with E-state index in [9.17, 15) is 0 Å². The molecule has 0 aliphatic rings. The molecular formula is C14H26N4O. The van der Waals surface area contributed by atoms with Crippen LogP contribution in [0.5, 0.6) is 5.88 Å². The molecule has 0 fully saturated rings. The Balaban J connectivity index is 2.53. The van der Waals surface area contributed by atoms with Crippen molar-refractivity contribution >= 4 is 5.82 Å². The number of hydrogen-bond donors (Lipinski definition) is 1. The van der Waals surface area contributed by atoms with Gasteiger partial charge in [-0.2, -0.15) is 4.98 Å². The zero-order valence-corrected chi connectivity index (χ0v) is 12.7. The molecule has 0 amide bonds. The minimum atomic E-state index is 0.621. The molecule has 19 heavy (non-hydrogen) atoms.